The molecular weight excluding hydrogens is 366 g/mol. The molecule has 0 fully saturated rings. The minimum absolute atomic E-state index is 0.251. The van der Waals surface area contributed by atoms with E-state index in [-0.39, 0.29) is 5.91 Å². The lowest BCUT2D eigenvalue weighted by atomic mass is 10.1. The average molecular weight is 386 g/mol. The van der Waals surface area contributed by atoms with Crippen LogP contribution >= 0.6 is 11.6 Å². The molecule has 0 radical (unpaired) electrons. The molecule has 1 heterocycles. The van der Waals surface area contributed by atoms with Gasteiger partial charge in [0.2, 0.25) is 0 Å². The lowest BCUT2D eigenvalue weighted by molar-refractivity contribution is 0.0940. The summed E-state index contributed by atoms with van der Waals surface area (Å²) < 4.78 is 12.4. The third-order valence-corrected chi connectivity index (χ3v) is 4.49. The third kappa shape index (κ3) is 4.06. The number of imidazole rings is 1. The van der Waals surface area contributed by atoms with Gasteiger partial charge in [0.25, 0.3) is 5.91 Å². The van der Waals surface area contributed by atoms with Crippen molar-refractivity contribution in [2.75, 3.05) is 14.2 Å². The molecule has 1 aromatic heterocycles. The van der Waals surface area contributed by atoms with Crippen molar-refractivity contribution in [1.82, 2.24) is 14.9 Å². The van der Waals surface area contributed by atoms with Gasteiger partial charge < -0.3 is 19.4 Å². The second-order valence-corrected chi connectivity index (χ2v) is 6.36. The van der Waals surface area contributed by atoms with Crippen LogP contribution in [0, 0.1) is 0 Å². The second kappa shape index (κ2) is 8.14. The maximum atomic E-state index is 12.9. The molecule has 0 bridgehead atoms. The minimum Gasteiger partial charge on any atom is -0.493 e. The smallest absolute Gasteiger partial charge is 0.252 e. The Labute approximate surface area is 162 Å². The largest absolute Gasteiger partial charge is 0.493 e. The number of amides is 1. The highest BCUT2D eigenvalue weighted by atomic mass is 35.5. The van der Waals surface area contributed by atoms with Gasteiger partial charge in [-0.3, -0.25) is 4.79 Å². The van der Waals surface area contributed by atoms with Crippen LogP contribution in [0.1, 0.15) is 27.8 Å². The monoisotopic (exact) mass is 385 g/mol. The molecule has 2 aromatic carbocycles. The lowest BCUT2D eigenvalue weighted by Gasteiger charge is -2.20. The van der Waals surface area contributed by atoms with Gasteiger partial charge >= 0.3 is 0 Å². The number of carbonyl (C=O) groups is 1. The molecule has 0 aliphatic heterocycles. The normalized spacial score (nSPS) is 11.7. The predicted molar refractivity (Wildman–Crippen MR) is 104 cm³/mol. The molecule has 3 rings (SSSR count). The topological polar surface area (TPSA) is 65.4 Å². The number of benzene rings is 2. The maximum Gasteiger partial charge on any atom is 0.252 e. The molecule has 0 saturated heterocycles. The van der Waals surface area contributed by atoms with Crippen LogP contribution in [0.15, 0.2) is 54.9 Å². The fourth-order valence-electron chi connectivity index (χ4n) is 2.80. The summed E-state index contributed by atoms with van der Waals surface area (Å²) in [7, 11) is 4.97. The second-order valence-electron chi connectivity index (χ2n) is 5.92. The van der Waals surface area contributed by atoms with Crippen molar-refractivity contribution in [2.45, 2.75) is 6.04 Å². The standard InChI is InChI=1S/C20H20ClN3O3/c1-24-11-10-22-19(24)18(13-4-7-15(21)8-5-13)23-20(25)14-6-9-16(26-2)17(12-14)27-3/h4-12,18H,1-3H3,(H,23,25)/t18-/m1/s1. The summed E-state index contributed by atoms with van der Waals surface area (Å²) >= 11 is 6.00. The van der Waals surface area contributed by atoms with Gasteiger partial charge in [-0.15, -0.1) is 0 Å². The van der Waals surface area contributed by atoms with Gasteiger partial charge in [-0.2, -0.15) is 0 Å². The fraction of sp³-hybridized carbons (Fsp3) is 0.200. The highest BCUT2D eigenvalue weighted by molar-refractivity contribution is 6.30. The Kier molecular flexibility index (Phi) is 5.66. The molecule has 0 saturated carbocycles. The van der Waals surface area contributed by atoms with Gasteiger partial charge in [0.1, 0.15) is 11.9 Å². The summed E-state index contributed by atoms with van der Waals surface area (Å²) in [5, 5.41) is 3.67. The number of nitrogens with one attached hydrogen (secondary N) is 1. The van der Waals surface area contributed by atoms with E-state index in [1.807, 2.05) is 29.9 Å². The number of methoxy groups -OCH3 is 2. The maximum absolute atomic E-state index is 12.9. The van der Waals surface area contributed by atoms with Gasteiger partial charge in [0.05, 0.1) is 14.2 Å². The first-order valence-electron chi connectivity index (χ1n) is 8.29. The molecular formula is C20H20ClN3O3. The zero-order valence-corrected chi connectivity index (χ0v) is 16.0. The third-order valence-electron chi connectivity index (χ3n) is 4.24. The van der Waals surface area contributed by atoms with Gasteiger partial charge in [-0.05, 0) is 35.9 Å². The van der Waals surface area contributed by atoms with E-state index in [0.717, 1.165) is 5.56 Å². The first-order chi connectivity index (χ1) is 13.0. The summed E-state index contributed by atoms with van der Waals surface area (Å²) in [6.45, 7) is 0. The molecule has 3 aromatic rings. The minimum atomic E-state index is -0.428. The number of nitrogens with zero attached hydrogens (tertiary/aromatic N) is 2. The van der Waals surface area contributed by atoms with Crippen LogP contribution in [0.4, 0.5) is 0 Å². The summed E-state index contributed by atoms with van der Waals surface area (Å²) in [5.74, 6) is 1.52. The summed E-state index contributed by atoms with van der Waals surface area (Å²) in [4.78, 5) is 17.3. The van der Waals surface area contributed by atoms with Crippen LogP contribution in [-0.2, 0) is 7.05 Å². The summed E-state index contributed by atoms with van der Waals surface area (Å²) in [6.07, 6.45) is 3.53. The van der Waals surface area contributed by atoms with Crippen LogP contribution in [0.25, 0.3) is 0 Å². The zero-order valence-electron chi connectivity index (χ0n) is 15.3. The number of aryl methyl sites for hydroxylation is 1. The number of carbonyl (C=O) groups excluding carboxylic acids is 1. The number of halogens is 1. The number of aromatic nitrogens is 2. The van der Waals surface area contributed by atoms with Crippen molar-refractivity contribution in [3.8, 4) is 11.5 Å². The van der Waals surface area contributed by atoms with Crippen LogP contribution < -0.4 is 14.8 Å². The molecule has 1 amide bonds. The van der Waals surface area contributed by atoms with E-state index in [9.17, 15) is 4.79 Å². The molecule has 0 unspecified atom stereocenters. The van der Waals surface area contributed by atoms with E-state index in [1.54, 1.807) is 43.6 Å². The SMILES string of the molecule is COc1ccc(C(=O)N[C@H](c2ccc(Cl)cc2)c2nccn2C)cc1OC. The van der Waals surface area contributed by atoms with E-state index in [1.165, 1.54) is 7.11 Å². The van der Waals surface area contributed by atoms with E-state index in [4.69, 9.17) is 21.1 Å². The summed E-state index contributed by atoms with van der Waals surface area (Å²) in [5.41, 5.74) is 1.34. The quantitative estimate of drug-likeness (QED) is 0.704. The Morgan fingerprint density at radius 1 is 1.11 bits per heavy atom. The number of rotatable bonds is 6. The Bertz CT molecular complexity index is 938. The lowest BCUT2D eigenvalue weighted by Crippen LogP contribution is -2.31. The Morgan fingerprint density at radius 3 is 2.41 bits per heavy atom. The van der Waals surface area contributed by atoms with Crippen molar-refractivity contribution in [3.63, 3.8) is 0 Å². The molecule has 6 nitrogen and oxygen atoms in total. The summed E-state index contributed by atoms with van der Waals surface area (Å²) in [6, 6.07) is 11.9. The Hall–Kier alpha value is -2.99. The molecule has 7 heteroatoms. The van der Waals surface area contributed by atoms with Crippen molar-refractivity contribution in [3.05, 3.63) is 76.8 Å². The van der Waals surface area contributed by atoms with E-state index >= 15 is 0 Å². The molecule has 0 aliphatic carbocycles. The van der Waals surface area contributed by atoms with Gasteiger partial charge in [-0.1, -0.05) is 23.7 Å². The first kappa shape index (κ1) is 18.8. The average Bonchev–Trinajstić information content (AvgIpc) is 3.11. The number of hydrogen-bond acceptors (Lipinski definition) is 4. The van der Waals surface area contributed by atoms with E-state index in [0.29, 0.717) is 27.9 Å². The first-order valence-corrected chi connectivity index (χ1v) is 8.67. The van der Waals surface area contributed by atoms with Crippen molar-refractivity contribution >= 4 is 17.5 Å². The van der Waals surface area contributed by atoms with Crippen molar-refractivity contribution in [2.24, 2.45) is 7.05 Å². The molecule has 0 aliphatic rings. The van der Waals surface area contributed by atoms with Crippen molar-refractivity contribution < 1.29 is 14.3 Å². The van der Waals surface area contributed by atoms with E-state index < -0.39 is 6.04 Å². The van der Waals surface area contributed by atoms with Gasteiger partial charge in [0.15, 0.2) is 11.5 Å². The van der Waals surface area contributed by atoms with Crippen LogP contribution in [-0.4, -0.2) is 29.7 Å². The van der Waals surface area contributed by atoms with Gasteiger partial charge in [0, 0.05) is 30.0 Å². The van der Waals surface area contributed by atoms with Crippen molar-refractivity contribution in [1.29, 1.82) is 0 Å². The molecule has 1 atom stereocenters. The highest BCUT2D eigenvalue weighted by Gasteiger charge is 2.22. The van der Waals surface area contributed by atoms with E-state index in [2.05, 4.69) is 10.3 Å². The predicted octanol–water partition coefficient (Wildman–Crippen LogP) is 3.61. The Balaban J connectivity index is 1.93. The molecule has 140 valence electrons. The molecule has 1 N–H and O–H groups in total. The zero-order chi connectivity index (χ0) is 19.4. The Morgan fingerprint density at radius 2 is 1.81 bits per heavy atom. The fourth-order valence-corrected chi connectivity index (χ4v) is 2.93. The van der Waals surface area contributed by atoms with Crippen LogP contribution in [0.2, 0.25) is 5.02 Å². The molecule has 0 spiro atoms. The molecule has 27 heavy (non-hydrogen) atoms. The van der Waals surface area contributed by atoms with Crippen LogP contribution in [0.5, 0.6) is 11.5 Å². The number of ether oxygens (including phenoxy) is 2. The van der Waals surface area contributed by atoms with Crippen LogP contribution in [0.3, 0.4) is 0 Å². The van der Waals surface area contributed by atoms with Gasteiger partial charge in [-0.25, -0.2) is 4.98 Å². The highest BCUT2D eigenvalue weighted by Crippen LogP contribution is 2.28. The number of hydrogen-bond donors (Lipinski definition) is 1.